The van der Waals surface area contributed by atoms with Gasteiger partial charge in [0.25, 0.3) is 11.7 Å². The maximum absolute atomic E-state index is 14.1. The minimum Gasteiger partial charge on any atom is -0.456 e. The van der Waals surface area contributed by atoms with Gasteiger partial charge in [0.2, 0.25) is 5.79 Å². The molecule has 13 nitrogen and oxygen atoms in total. The summed E-state index contributed by atoms with van der Waals surface area (Å²) in [6, 6.07) is -1.12. The van der Waals surface area contributed by atoms with Crippen LogP contribution in [0.25, 0.3) is 0 Å². The van der Waals surface area contributed by atoms with Gasteiger partial charge in [0, 0.05) is 37.1 Å². The summed E-state index contributed by atoms with van der Waals surface area (Å²) in [4.78, 5) is 55.4. The smallest absolute Gasteiger partial charge is 0.329 e. The van der Waals surface area contributed by atoms with Gasteiger partial charge in [-0.25, -0.2) is 4.79 Å². The number of esters is 1. The van der Waals surface area contributed by atoms with Gasteiger partial charge >= 0.3 is 5.97 Å². The molecule has 3 aliphatic rings. The lowest BCUT2D eigenvalue weighted by atomic mass is 9.83. The molecule has 3 aliphatic heterocycles. The van der Waals surface area contributed by atoms with E-state index in [0.717, 1.165) is 10.5 Å². The summed E-state index contributed by atoms with van der Waals surface area (Å²) in [5, 5.41) is 67.2. The highest BCUT2D eigenvalue weighted by atomic mass is 16.6. The number of ether oxygens (including phenoxy) is 2. The second kappa shape index (κ2) is 22.2. The first kappa shape index (κ1) is 49.6. The molecule has 2 fully saturated rings. The predicted octanol–water partition coefficient (Wildman–Crippen LogP) is 4.48. The van der Waals surface area contributed by atoms with Gasteiger partial charge in [-0.3, -0.25) is 14.4 Å². The fourth-order valence-corrected chi connectivity index (χ4v) is 8.59. The summed E-state index contributed by atoms with van der Waals surface area (Å²) >= 11 is 0. The van der Waals surface area contributed by atoms with Crippen LogP contribution in [0.5, 0.6) is 0 Å². The first-order chi connectivity index (χ1) is 27.1. The zero-order valence-electron chi connectivity index (χ0n) is 36.3. The van der Waals surface area contributed by atoms with Crippen molar-refractivity contribution in [1.29, 1.82) is 0 Å². The molecule has 2 saturated heterocycles. The van der Waals surface area contributed by atoms with Gasteiger partial charge in [-0.15, -0.1) is 0 Å². The summed E-state index contributed by atoms with van der Waals surface area (Å²) in [7, 11) is 0. The number of hydrogen-bond donors (Lipinski definition) is 6. The molecule has 0 aromatic rings. The van der Waals surface area contributed by atoms with E-state index in [4.69, 9.17) is 9.47 Å². The number of rotatable bonds is 4. The fourth-order valence-electron chi connectivity index (χ4n) is 8.59. The Kier molecular flexibility index (Phi) is 19.0. The number of nitrogens with zero attached hydrogens (tertiary/aromatic N) is 1. The summed E-state index contributed by atoms with van der Waals surface area (Å²) < 4.78 is 12.1. The molecule has 0 aromatic carbocycles. The van der Waals surface area contributed by atoms with Gasteiger partial charge in [0.1, 0.15) is 17.9 Å². The Bertz CT molecular complexity index is 1510. The quantitative estimate of drug-likeness (QED) is 0.132. The summed E-state index contributed by atoms with van der Waals surface area (Å²) in [6.07, 6.45) is 1.66. The van der Waals surface area contributed by atoms with E-state index < -0.39 is 90.0 Å². The van der Waals surface area contributed by atoms with Gasteiger partial charge in [-0.05, 0) is 107 Å². The van der Waals surface area contributed by atoms with Crippen molar-refractivity contribution in [3.05, 3.63) is 34.9 Å². The van der Waals surface area contributed by atoms with Gasteiger partial charge in [-0.2, -0.15) is 0 Å². The van der Waals surface area contributed by atoms with Gasteiger partial charge in [0.15, 0.2) is 0 Å². The molecule has 14 atom stereocenters. The highest BCUT2D eigenvalue weighted by molar-refractivity contribution is 6.39. The van der Waals surface area contributed by atoms with Crippen LogP contribution in [0.1, 0.15) is 133 Å². The average molecular weight is 820 g/mol. The number of carbonyl (C=O) groups excluding carboxylic acids is 4. The molecule has 0 radical (unpaired) electrons. The van der Waals surface area contributed by atoms with Crippen molar-refractivity contribution >= 4 is 23.4 Å². The Morgan fingerprint density at radius 3 is 2.24 bits per heavy atom. The number of hydrogen-bond acceptors (Lipinski definition) is 12. The molecule has 6 N–H and O–H groups in total. The number of amides is 1. The van der Waals surface area contributed by atoms with Crippen LogP contribution in [-0.2, 0) is 28.7 Å². The first-order valence-corrected chi connectivity index (χ1v) is 21.5. The van der Waals surface area contributed by atoms with Crippen LogP contribution in [-0.4, -0.2) is 120 Å². The molecule has 0 spiro atoms. The van der Waals surface area contributed by atoms with Crippen molar-refractivity contribution in [1.82, 2.24) is 4.90 Å². The number of piperidine rings is 1. The molecule has 3 heterocycles. The van der Waals surface area contributed by atoms with Crippen molar-refractivity contribution in [2.75, 3.05) is 6.54 Å². The number of ketones is 2. The number of aliphatic hydroxyl groups excluding tert-OH is 5. The van der Waals surface area contributed by atoms with Gasteiger partial charge < -0.3 is 45.0 Å². The van der Waals surface area contributed by atoms with Gasteiger partial charge in [0.05, 0.1) is 36.6 Å². The molecular weight excluding hydrogens is 746 g/mol. The lowest BCUT2D eigenvalue weighted by Gasteiger charge is -2.43. The highest BCUT2D eigenvalue weighted by Gasteiger charge is 2.53. The second-order valence-electron chi connectivity index (χ2n) is 17.8. The van der Waals surface area contributed by atoms with E-state index in [1.807, 2.05) is 32.9 Å². The molecule has 2 bridgehead atoms. The number of allylic oxidation sites excluding steroid dienone is 2. The lowest BCUT2D eigenvalue weighted by Crippen LogP contribution is -2.61. The first-order valence-electron chi connectivity index (χ1n) is 21.5. The van der Waals surface area contributed by atoms with Crippen LogP contribution >= 0.6 is 0 Å². The van der Waals surface area contributed by atoms with Crippen molar-refractivity contribution < 1.29 is 59.3 Å². The van der Waals surface area contributed by atoms with Crippen molar-refractivity contribution in [3.63, 3.8) is 0 Å². The Hall–Kier alpha value is -2.78. The monoisotopic (exact) mass is 820 g/mol. The Morgan fingerprint density at radius 2 is 1.60 bits per heavy atom. The normalized spacial score (nSPS) is 38.4. The van der Waals surface area contributed by atoms with Crippen LogP contribution in [0, 0.1) is 29.6 Å². The summed E-state index contributed by atoms with van der Waals surface area (Å²) in [5.41, 5.74) is 2.00. The zero-order chi connectivity index (χ0) is 43.6. The average Bonchev–Trinajstić information content (AvgIpc) is 3.17. The fraction of sp³-hybridized carbons (Fsp3) is 0.778. The van der Waals surface area contributed by atoms with E-state index in [9.17, 15) is 49.8 Å². The molecule has 330 valence electrons. The van der Waals surface area contributed by atoms with Crippen LogP contribution in [0.2, 0.25) is 0 Å². The largest absolute Gasteiger partial charge is 0.456 e. The molecule has 14 unspecified atom stereocenters. The molecule has 3 rings (SSSR count). The molecule has 0 saturated carbocycles. The maximum atomic E-state index is 14.1. The minimum atomic E-state index is -2.53. The van der Waals surface area contributed by atoms with Crippen molar-refractivity contribution in [2.45, 2.75) is 187 Å². The second-order valence-corrected chi connectivity index (χ2v) is 17.8. The van der Waals surface area contributed by atoms with Crippen LogP contribution in [0.15, 0.2) is 34.9 Å². The standard InChI is InChI=1S/C45H73NO12/c1-10-33-15-17-40(28(5)21-26(3)32(9)47)57-44(55)36-13-11-12-18-46(36)43(54)42(53)45(56)30(7)14-16-35(58-45)24-39(51)31(8)38(50)23-34(48)22-37(49)27(4)19-25(2)20-29(6)41(33)52/h15,19,21,25-26,29-31,34-41,48-52,56H,10-14,16-18,20,22-24H2,1-9H3. The molecular formula is C45H73NO12. The molecule has 0 aliphatic carbocycles. The molecule has 13 heteroatoms. The number of fused-ring (bicyclic) bond motifs is 3. The van der Waals surface area contributed by atoms with Crippen LogP contribution < -0.4 is 0 Å². The summed E-state index contributed by atoms with van der Waals surface area (Å²) in [5.74, 6) is -7.86. The van der Waals surface area contributed by atoms with Gasteiger partial charge in [-0.1, -0.05) is 59.8 Å². The Balaban J connectivity index is 2.04. The van der Waals surface area contributed by atoms with Crippen molar-refractivity contribution in [2.24, 2.45) is 29.6 Å². The van der Waals surface area contributed by atoms with E-state index in [1.165, 1.54) is 6.92 Å². The minimum absolute atomic E-state index is 0.0364. The Morgan fingerprint density at radius 1 is 0.948 bits per heavy atom. The van der Waals surface area contributed by atoms with Crippen molar-refractivity contribution in [3.8, 4) is 0 Å². The number of aliphatic hydroxyl groups is 6. The number of Topliss-reactive ketones (excluding diaryl/α,β-unsaturated/α-hetero) is 2. The third kappa shape index (κ3) is 13.1. The lowest BCUT2D eigenvalue weighted by molar-refractivity contribution is -0.266. The van der Waals surface area contributed by atoms with E-state index >= 15 is 0 Å². The van der Waals surface area contributed by atoms with E-state index in [-0.39, 0.29) is 56.3 Å². The number of cyclic esters (lactones) is 1. The highest BCUT2D eigenvalue weighted by Crippen LogP contribution is 2.37. The summed E-state index contributed by atoms with van der Waals surface area (Å²) in [6.45, 7) is 15.9. The van der Waals surface area contributed by atoms with Crippen LogP contribution in [0.4, 0.5) is 0 Å². The third-order valence-electron chi connectivity index (χ3n) is 12.9. The van der Waals surface area contributed by atoms with E-state index in [2.05, 4.69) is 0 Å². The molecule has 0 aromatic heterocycles. The third-order valence-corrected chi connectivity index (χ3v) is 12.9. The van der Waals surface area contributed by atoms with E-state index in [1.54, 1.807) is 40.7 Å². The molecule has 58 heavy (non-hydrogen) atoms. The SMILES string of the molecule is CCC1=CCC(C(C)=CC(C)C(C)=O)OC(=O)C2CCCCN2C(=O)C(=O)C2(O)OC(CCC2C)CC(O)C(C)C(O)CC(O)CC(O)C(C)=CC(C)CC(C)C1O. The zero-order valence-corrected chi connectivity index (χ0v) is 36.3. The maximum Gasteiger partial charge on any atom is 0.329 e. The van der Waals surface area contributed by atoms with E-state index in [0.29, 0.717) is 49.7 Å². The Labute approximate surface area is 345 Å². The number of carbonyl (C=O) groups is 4. The molecule has 1 amide bonds. The topological polar surface area (TPSA) is 211 Å². The predicted molar refractivity (Wildman–Crippen MR) is 219 cm³/mol. The van der Waals surface area contributed by atoms with Crippen LogP contribution in [0.3, 0.4) is 0 Å².